The first-order chi connectivity index (χ1) is 12.5. The van der Waals surface area contributed by atoms with E-state index in [2.05, 4.69) is 4.72 Å². The summed E-state index contributed by atoms with van der Waals surface area (Å²) in [5.41, 5.74) is 9.15. The molecule has 0 heterocycles. The number of aryl methyl sites for hydroxylation is 1. The fourth-order valence-electron chi connectivity index (χ4n) is 2.83. The van der Waals surface area contributed by atoms with E-state index in [1.807, 2.05) is 67.6 Å². The predicted molar refractivity (Wildman–Crippen MR) is 104 cm³/mol. The molecule has 3 aromatic carbocycles. The smallest absolute Gasteiger partial charge is 0.241 e. The van der Waals surface area contributed by atoms with E-state index in [9.17, 15) is 8.42 Å². The Bertz CT molecular complexity index is 946. The molecule has 3 rings (SSSR count). The third-order valence-electron chi connectivity index (χ3n) is 4.32. The molecule has 0 unspecified atom stereocenters. The third-order valence-corrected chi connectivity index (χ3v) is 5.77. The van der Waals surface area contributed by atoms with E-state index >= 15 is 0 Å². The molecule has 0 aliphatic carbocycles. The number of benzene rings is 3. The van der Waals surface area contributed by atoms with E-state index < -0.39 is 22.1 Å². The Hall–Kier alpha value is -1.85. The van der Waals surface area contributed by atoms with Gasteiger partial charge in [0.2, 0.25) is 10.0 Å². The molecule has 142 valence electrons. The molecule has 0 fully saturated rings. The minimum absolute atomic E-state index is 0. The van der Waals surface area contributed by atoms with Crippen LogP contribution >= 0.6 is 0 Å². The summed E-state index contributed by atoms with van der Waals surface area (Å²) in [5, 5.41) is 0. The second-order valence-corrected chi connectivity index (χ2v) is 7.97. The van der Waals surface area contributed by atoms with Crippen LogP contribution in [0.4, 0.5) is 0 Å². The second-order valence-electron chi connectivity index (χ2n) is 6.26. The van der Waals surface area contributed by atoms with Crippen molar-refractivity contribution in [3.8, 4) is 0 Å². The molecule has 0 radical (unpaired) electrons. The van der Waals surface area contributed by atoms with Gasteiger partial charge in [0.15, 0.2) is 0 Å². The van der Waals surface area contributed by atoms with Gasteiger partial charge in [0.1, 0.15) is 0 Å². The molecule has 2 atom stereocenters. The number of rotatable bonds is 6. The number of sulfonamides is 1. The van der Waals surface area contributed by atoms with E-state index in [1.54, 1.807) is 24.3 Å². The van der Waals surface area contributed by atoms with Crippen LogP contribution in [0.25, 0.3) is 0 Å². The zero-order valence-electron chi connectivity index (χ0n) is 14.9. The largest absolute Gasteiger partial charge is 0.322 e. The first-order valence-electron chi connectivity index (χ1n) is 8.42. The third kappa shape index (κ3) is 5.33. The van der Waals surface area contributed by atoms with Gasteiger partial charge in [0.05, 0.1) is 17.0 Å². The topological polar surface area (TPSA) is 72.2 Å². The molecule has 0 aromatic heterocycles. The maximum absolute atomic E-state index is 12.9. The van der Waals surface area contributed by atoms with Crippen LogP contribution in [0.5, 0.6) is 0 Å². The molecule has 3 N–H and O–H groups in total. The summed E-state index contributed by atoms with van der Waals surface area (Å²) in [7, 11) is -3.71. The van der Waals surface area contributed by atoms with E-state index in [4.69, 9.17) is 5.73 Å². The van der Waals surface area contributed by atoms with Crippen LogP contribution in [0.15, 0.2) is 89.8 Å². The maximum atomic E-state index is 12.9. The van der Waals surface area contributed by atoms with Crippen LogP contribution in [0.3, 0.4) is 0 Å². The Morgan fingerprint density at radius 3 is 1.78 bits per heavy atom. The number of nitrogens with one attached hydrogen (secondary N) is 1. The van der Waals surface area contributed by atoms with Gasteiger partial charge in [-0.2, -0.15) is 0 Å². The Balaban J connectivity index is 0.00000261. The van der Waals surface area contributed by atoms with Gasteiger partial charge in [0, 0.05) is 19.5 Å². The van der Waals surface area contributed by atoms with Crippen molar-refractivity contribution in [1.29, 1.82) is 0 Å². The van der Waals surface area contributed by atoms with Gasteiger partial charge >= 0.3 is 0 Å². The van der Waals surface area contributed by atoms with E-state index in [0.717, 1.165) is 16.7 Å². The maximum Gasteiger partial charge on any atom is 0.241 e. The van der Waals surface area contributed by atoms with Gasteiger partial charge in [-0.15, -0.1) is 0 Å². The Kier molecular flexibility index (Phi) is 7.45. The van der Waals surface area contributed by atoms with Crippen molar-refractivity contribution in [1.82, 2.24) is 4.72 Å². The van der Waals surface area contributed by atoms with Crippen molar-refractivity contribution in [3.05, 3.63) is 102 Å². The van der Waals surface area contributed by atoms with Crippen LogP contribution in [-0.2, 0) is 29.5 Å². The Morgan fingerprint density at radius 2 is 1.26 bits per heavy atom. The summed E-state index contributed by atoms with van der Waals surface area (Å²) in [4.78, 5) is 0.226. The van der Waals surface area contributed by atoms with Crippen molar-refractivity contribution < 1.29 is 27.9 Å². The quantitative estimate of drug-likeness (QED) is 0.543. The fraction of sp³-hybridized carbons (Fsp3) is 0.143. The van der Waals surface area contributed by atoms with Gasteiger partial charge < -0.3 is 5.73 Å². The molecule has 0 amide bonds. The van der Waals surface area contributed by atoms with Crippen LogP contribution in [0, 0.1) is 6.92 Å². The number of hydrogen-bond acceptors (Lipinski definition) is 3. The zero-order chi connectivity index (χ0) is 18.6. The van der Waals surface area contributed by atoms with Crippen LogP contribution in [0.1, 0.15) is 28.8 Å². The molecule has 0 aliphatic rings. The van der Waals surface area contributed by atoms with Crippen molar-refractivity contribution in [2.24, 2.45) is 5.73 Å². The molecule has 27 heavy (non-hydrogen) atoms. The van der Waals surface area contributed by atoms with Crippen LogP contribution in [-0.4, -0.2) is 8.42 Å². The first kappa shape index (κ1) is 21.5. The van der Waals surface area contributed by atoms with E-state index in [0.29, 0.717) is 0 Å². The number of nitrogens with two attached hydrogens (primary N) is 1. The van der Waals surface area contributed by atoms with Gasteiger partial charge in [-0.1, -0.05) is 78.4 Å². The van der Waals surface area contributed by atoms with Gasteiger partial charge in [0.25, 0.3) is 0 Å². The summed E-state index contributed by atoms with van der Waals surface area (Å²) in [6, 6.07) is 24.6. The molecule has 6 heteroatoms. The molecule has 3 aromatic rings. The van der Waals surface area contributed by atoms with Crippen molar-refractivity contribution in [2.75, 3.05) is 0 Å². The minimum Gasteiger partial charge on any atom is -0.322 e. The van der Waals surface area contributed by atoms with Crippen molar-refractivity contribution >= 4 is 10.0 Å². The zero-order valence-corrected chi connectivity index (χ0v) is 17.4. The molecule has 0 saturated heterocycles. The number of hydrogen-bond donors (Lipinski definition) is 2. The molecular formula is C21H22N2O2RuS. The van der Waals surface area contributed by atoms with Gasteiger partial charge in [-0.3, -0.25) is 0 Å². The van der Waals surface area contributed by atoms with Crippen molar-refractivity contribution in [2.45, 2.75) is 23.9 Å². The summed E-state index contributed by atoms with van der Waals surface area (Å²) in [6.45, 7) is 1.92. The van der Waals surface area contributed by atoms with Crippen LogP contribution < -0.4 is 10.5 Å². The molecule has 0 spiro atoms. The first-order valence-corrected chi connectivity index (χ1v) is 9.90. The van der Waals surface area contributed by atoms with Gasteiger partial charge in [-0.25, -0.2) is 13.1 Å². The summed E-state index contributed by atoms with van der Waals surface area (Å²) in [5.74, 6) is 0. The van der Waals surface area contributed by atoms with Crippen LogP contribution in [0.2, 0.25) is 0 Å². The Labute approximate surface area is 173 Å². The fourth-order valence-corrected chi connectivity index (χ4v) is 4.08. The molecule has 0 saturated carbocycles. The second kappa shape index (κ2) is 9.38. The minimum atomic E-state index is -3.71. The molecule has 0 bridgehead atoms. The molecule has 4 nitrogen and oxygen atoms in total. The monoisotopic (exact) mass is 468 g/mol. The van der Waals surface area contributed by atoms with Gasteiger partial charge in [-0.05, 0) is 30.2 Å². The standard InChI is InChI=1S/C21H22N2O2S.Ru/c1-16-12-14-19(15-13-16)26(24,25)23-21(18-10-6-3-7-11-18)20(22)17-8-4-2-5-9-17;/h2-15,20-21,23H,22H2,1H3;/t20-,21-;/m0./s1. The predicted octanol–water partition coefficient (Wildman–Crippen LogP) is 3.71. The van der Waals surface area contributed by atoms with Crippen molar-refractivity contribution in [3.63, 3.8) is 0 Å². The average Bonchev–Trinajstić information content (AvgIpc) is 2.67. The Morgan fingerprint density at radius 1 is 0.778 bits per heavy atom. The normalized spacial score (nSPS) is 13.4. The van der Waals surface area contributed by atoms with E-state index in [1.165, 1.54) is 0 Å². The van der Waals surface area contributed by atoms with E-state index in [-0.39, 0.29) is 24.4 Å². The molecular weight excluding hydrogens is 445 g/mol. The summed E-state index contributed by atoms with van der Waals surface area (Å²) in [6.07, 6.45) is 0. The summed E-state index contributed by atoms with van der Waals surface area (Å²) < 4.78 is 28.6. The average molecular weight is 468 g/mol. The SMILES string of the molecule is Cc1ccc(S(=O)(=O)N[C@@H](c2ccccc2)[C@@H](N)c2ccccc2)cc1.[Ru]. The molecule has 0 aliphatic heterocycles. The summed E-state index contributed by atoms with van der Waals surface area (Å²) >= 11 is 0.